The zero-order chi connectivity index (χ0) is 21.5. The highest BCUT2D eigenvalue weighted by molar-refractivity contribution is 5.82. The quantitative estimate of drug-likeness (QED) is 0.585. The van der Waals surface area contributed by atoms with Crippen molar-refractivity contribution in [2.45, 2.75) is 24.8 Å². The highest BCUT2D eigenvalue weighted by Gasteiger charge is 2.29. The SMILES string of the molecule is C#CCCC(=O)NC[C@H](NC(=O)OCC1c2ccccc2-c2ccccc21)C(=O)O. The molecular weight excluding hydrogens is 384 g/mol. The number of aliphatic carboxylic acids is 1. The molecule has 30 heavy (non-hydrogen) atoms. The highest BCUT2D eigenvalue weighted by atomic mass is 16.5. The molecule has 0 radical (unpaired) electrons. The molecule has 0 heterocycles. The van der Waals surface area contributed by atoms with E-state index in [-0.39, 0.29) is 37.8 Å². The van der Waals surface area contributed by atoms with Crippen molar-refractivity contribution < 1.29 is 24.2 Å². The van der Waals surface area contributed by atoms with Crippen LogP contribution < -0.4 is 10.6 Å². The summed E-state index contributed by atoms with van der Waals surface area (Å²) in [6.45, 7) is -0.191. The number of carboxylic acids is 1. The normalized spacial score (nSPS) is 12.8. The monoisotopic (exact) mass is 406 g/mol. The lowest BCUT2D eigenvalue weighted by atomic mass is 9.98. The second kappa shape index (κ2) is 9.61. The van der Waals surface area contributed by atoms with Crippen LogP contribution in [0, 0.1) is 12.3 Å². The van der Waals surface area contributed by atoms with Crippen LogP contribution in [0.15, 0.2) is 48.5 Å². The summed E-state index contributed by atoms with van der Waals surface area (Å²) >= 11 is 0. The zero-order valence-corrected chi connectivity index (χ0v) is 16.3. The molecule has 0 saturated carbocycles. The van der Waals surface area contributed by atoms with Crippen LogP contribution in [0.1, 0.15) is 29.9 Å². The molecular formula is C23H22N2O5. The Kier molecular flexibility index (Phi) is 6.71. The predicted molar refractivity (Wildman–Crippen MR) is 111 cm³/mol. The maximum Gasteiger partial charge on any atom is 0.407 e. The molecule has 3 rings (SSSR count). The number of hydrogen-bond donors (Lipinski definition) is 3. The average Bonchev–Trinajstić information content (AvgIpc) is 3.07. The van der Waals surface area contributed by atoms with Crippen LogP contribution in [-0.2, 0) is 14.3 Å². The number of carboxylic acid groups (broad SMARTS) is 1. The second-order valence-corrected chi connectivity index (χ2v) is 6.87. The van der Waals surface area contributed by atoms with Crippen LogP contribution in [0.2, 0.25) is 0 Å². The molecule has 1 aliphatic carbocycles. The van der Waals surface area contributed by atoms with Gasteiger partial charge in [-0.1, -0.05) is 48.5 Å². The lowest BCUT2D eigenvalue weighted by molar-refractivity contribution is -0.139. The van der Waals surface area contributed by atoms with Crippen molar-refractivity contribution in [3.05, 3.63) is 59.7 Å². The minimum absolute atomic E-state index is 0.0702. The fraction of sp³-hybridized carbons (Fsp3) is 0.261. The molecule has 0 aliphatic heterocycles. The molecule has 2 amide bonds. The van der Waals surface area contributed by atoms with Crippen LogP contribution in [0.4, 0.5) is 4.79 Å². The molecule has 0 bridgehead atoms. The van der Waals surface area contributed by atoms with Gasteiger partial charge in [0, 0.05) is 25.3 Å². The van der Waals surface area contributed by atoms with E-state index in [4.69, 9.17) is 11.2 Å². The third kappa shape index (κ3) is 4.78. The Bertz CT molecular complexity index is 950. The molecule has 7 heteroatoms. The van der Waals surface area contributed by atoms with Gasteiger partial charge in [0.15, 0.2) is 0 Å². The van der Waals surface area contributed by atoms with E-state index < -0.39 is 18.1 Å². The van der Waals surface area contributed by atoms with Crippen molar-refractivity contribution in [2.24, 2.45) is 0 Å². The fourth-order valence-corrected chi connectivity index (χ4v) is 3.47. The summed E-state index contributed by atoms with van der Waals surface area (Å²) in [5, 5.41) is 14.0. The van der Waals surface area contributed by atoms with E-state index in [0.29, 0.717) is 0 Å². The number of rotatable bonds is 8. The van der Waals surface area contributed by atoms with E-state index in [1.54, 1.807) is 0 Å². The standard InChI is InChI=1S/C23H22N2O5/c1-2-3-12-21(26)24-13-20(22(27)28)25-23(29)30-14-19-17-10-6-4-8-15(17)16-9-5-7-11-18(16)19/h1,4-11,19-20H,3,12-14H2,(H,24,26)(H,25,29)(H,27,28)/t20-/m0/s1. The Balaban J connectivity index is 1.59. The van der Waals surface area contributed by atoms with E-state index >= 15 is 0 Å². The smallest absolute Gasteiger partial charge is 0.407 e. The van der Waals surface area contributed by atoms with Crippen LogP contribution in [0.5, 0.6) is 0 Å². The number of ether oxygens (including phenoxy) is 1. The van der Waals surface area contributed by atoms with Crippen LogP contribution in [-0.4, -0.2) is 42.3 Å². The van der Waals surface area contributed by atoms with Crippen LogP contribution in [0.3, 0.4) is 0 Å². The number of hydrogen-bond acceptors (Lipinski definition) is 4. The van der Waals surface area contributed by atoms with Gasteiger partial charge in [-0.2, -0.15) is 0 Å². The van der Waals surface area contributed by atoms with Gasteiger partial charge in [-0.15, -0.1) is 12.3 Å². The molecule has 3 N–H and O–H groups in total. The van der Waals surface area contributed by atoms with Crippen LogP contribution >= 0.6 is 0 Å². The topological polar surface area (TPSA) is 105 Å². The van der Waals surface area contributed by atoms with Crippen molar-refractivity contribution in [1.29, 1.82) is 0 Å². The third-order valence-corrected chi connectivity index (χ3v) is 4.93. The second-order valence-electron chi connectivity index (χ2n) is 6.87. The molecule has 0 aromatic heterocycles. The number of benzene rings is 2. The maximum atomic E-state index is 12.2. The molecule has 154 valence electrons. The lowest BCUT2D eigenvalue weighted by Crippen LogP contribution is -2.48. The van der Waals surface area contributed by atoms with Crippen molar-refractivity contribution in [1.82, 2.24) is 10.6 Å². The minimum Gasteiger partial charge on any atom is -0.480 e. The van der Waals surface area contributed by atoms with E-state index in [9.17, 15) is 19.5 Å². The van der Waals surface area contributed by atoms with Crippen molar-refractivity contribution in [2.75, 3.05) is 13.2 Å². The molecule has 0 fully saturated rings. The Labute approximate surface area is 174 Å². The number of alkyl carbamates (subject to hydrolysis) is 1. The van der Waals surface area contributed by atoms with Gasteiger partial charge in [0.2, 0.25) is 5.91 Å². The first-order chi connectivity index (χ1) is 14.5. The zero-order valence-electron chi connectivity index (χ0n) is 16.3. The molecule has 0 unspecified atom stereocenters. The van der Waals surface area contributed by atoms with Gasteiger partial charge in [-0.25, -0.2) is 9.59 Å². The van der Waals surface area contributed by atoms with E-state index in [1.807, 2.05) is 48.5 Å². The van der Waals surface area contributed by atoms with E-state index in [2.05, 4.69) is 16.6 Å². The average molecular weight is 406 g/mol. The predicted octanol–water partition coefficient (Wildman–Crippen LogP) is 2.51. The highest BCUT2D eigenvalue weighted by Crippen LogP contribution is 2.44. The largest absolute Gasteiger partial charge is 0.480 e. The first kappa shape index (κ1) is 20.9. The Morgan fingerprint density at radius 2 is 1.67 bits per heavy atom. The van der Waals surface area contributed by atoms with Gasteiger partial charge >= 0.3 is 12.1 Å². The molecule has 1 atom stereocenters. The van der Waals surface area contributed by atoms with Gasteiger partial charge in [0.05, 0.1) is 0 Å². The molecule has 2 aromatic carbocycles. The maximum absolute atomic E-state index is 12.2. The van der Waals surface area contributed by atoms with Crippen molar-refractivity contribution in [3.63, 3.8) is 0 Å². The summed E-state index contributed by atoms with van der Waals surface area (Å²) in [7, 11) is 0. The number of fused-ring (bicyclic) bond motifs is 3. The number of nitrogens with one attached hydrogen (secondary N) is 2. The number of carbonyl (C=O) groups is 3. The minimum atomic E-state index is -1.31. The summed E-state index contributed by atoms with van der Waals surface area (Å²) in [5.74, 6) is 0.544. The molecule has 1 aliphatic rings. The number of terminal acetylenes is 1. The third-order valence-electron chi connectivity index (χ3n) is 4.93. The van der Waals surface area contributed by atoms with Gasteiger partial charge in [-0.3, -0.25) is 4.79 Å². The van der Waals surface area contributed by atoms with Crippen LogP contribution in [0.25, 0.3) is 11.1 Å². The Hall–Kier alpha value is -3.79. The first-order valence-electron chi connectivity index (χ1n) is 9.55. The van der Waals surface area contributed by atoms with Crippen molar-refractivity contribution >= 4 is 18.0 Å². The summed E-state index contributed by atoms with van der Waals surface area (Å²) in [6, 6.07) is 14.5. The van der Waals surface area contributed by atoms with Gasteiger partial charge in [0.1, 0.15) is 12.6 Å². The van der Waals surface area contributed by atoms with E-state index in [1.165, 1.54) is 0 Å². The fourth-order valence-electron chi connectivity index (χ4n) is 3.47. The van der Waals surface area contributed by atoms with E-state index in [0.717, 1.165) is 22.3 Å². The summed E-state index contributed by atoms with van der Waals surface area (Å²) in [6.07, 6.45) is 4.58. The summed E-state index contributed by atoms with van der Waals surface area (Å²) < 4.78 is 5.34. The lowest BCUT2D eigenvalue weighted by Gasteiger charge is -2.17. The summed E-state index contributed by atoms with van der Waals surface area (Å²) in [4.78, 5) is 35.2. The van der Waals surface area contributed by atoms with Crippen molar-refractivity contribution in [3.8, 4) is 23.5 Å². The van der Waals surface area contributed by atoms with Gasteiger partial charge < -0.3 is 20.5 Å². The van der Waals surface area contributed by atoms with Gasteiger partial charge in [0.25, 0.3) is 0 Å². The molecule has 0 saturated heterocycles. The first-order valence-corrected chi connectivity index (χ1v) is 9.55. The molecule has 7 nitrogen and oxygen atoms in total. The number of carbonyl (C=O) groups excluding carboxylic acids is 2. The Morgan fingerprint density at radius 1 is 1.07 bits per heavy atom. The van der Waals surface area contributed by atoms with Gasteiger partial charge in [-0.05, 0) is 22.3 Å². The molecule has 2 aromatic rings. The molecule has 0 spiro atoms. The number of amides is 2. The summed E-state index contributed by atoms with van der Waals surface area (Å²) in [5.41, 5.74) is 4.31. The Morgan fingerprint density at radius 3 is 2.23 bits per heavy atom.